The zero-order valence-electron chi connectivity index (χ0n) is 11.6. The molecule has 3 heteroatoms. The van der Waals surface area contributed by atoms with Crippen molar-refractivity contribution < 1.29 is 4.79 Å². The van der Waals surface area contributed by atoms with Gasteiger partial charge in [-0.05, 0) is 37.0 Å². The summed E-state index contributed by atoms with van der Waals surface area (Å²) in [6, 6.07) is 0.429. The van der Waals surface area contributed by atoms with Gasteiger partial charge < -0.3 is 10.6 Å². The highest BCUT2D eigenvalue weighted by molar-refractivity contribution is 5.77. The van der Waals surface area contributed by atoms with Gasteiger partial charge in [-0.2, -0.15) is 0 Å². The van der Waals surface area contributed by atoms with Crippen molar-refractivity contribution in [1.82, 2.24) is 4.90 Å². The molecule has 98 valence electrons. The minimum absolute atomic E-state index is 0.0243. The number of carbonyl (C=O) groups excluding carboxylic acids is 1. The molecule has 1 heterocycles. The van der Waals surface area contributed by atoms with Gasteiger partial charge in [-0.25, -0.2) is 0 Å². The molecule has 0 aromatic rings. The zero-order valence-corrected chi connectivity index (χ0v) is 11.6. The zero-order chi connectivity index (χ0) is 12.8. The molecule has 3 nitrogen and oxygen atoms in total. The Hall–Kier alpha value is -0.570. The molecule has 3 atom stereocenters. The van der Waals surface area contributed by atoms with Gasteiger partial charge in [-0.15, -0.1) is 0 Å². The second-order valence-electron chi connectivity index (χ2n) is 7.42. The molecule has 1 saturated heterocycles. The van der Waals surface area contributed by atoms with E-state index in [4.69, 9.17) is 5.73 Å². The van der Waals surface area contributed by atoms with E-state index >= 15 is 0 Å². The summed E-state index contributed by atoms with van der Waals surface area (Å²) in [4.78, 5) is 14.3. The normalized spacial score (nSPS) is 37.0. The Morgan fingerprint density at radius 3 is 2.65 bits per heavy atom. The fraction of sp³-hybridized carbons (Fsp3) is 0.929. The second kappa shape index (κ2) is 3.98. The summed E-state index contributed by atoms with van der Waals surface area (Å²) < 4.78 is 0. The summed E-state index contributed by atoms with van der Waals surface area (Å²) in [6.07, 6.45) is 4.06. The molecule has 1 amide bonds. The van der Waals surface area contributed by atoms with Crippen molar-refractivity contribution in [2.45, 2.75) is 65.5 Å². The van der Waals surface area contributed by atoms with Crippen LogP contribution in [-0.4, -0.2) is 29.4 Å². The van der Waals surface area contributed by atoms with Gasteiger partial charge in [0.15, 0.2) is 0 Å². The van der Waals surface area contributed by atoms with E-state index in [9.17, 15) is 4.79 Å². The third-order valence-corrected chi connectivity index (χ3v) is 4.23. The maximum Gasteiger partial charge on any atom is 0.224 e. The number of amides is 1. The summed E-state index contributed by atoms with van der Waals surface area (Å²) >= 11 is 0. The van der Waals surface area contributed by atoms with Crippen LogP contribution in [0, 0.1) is 10.8 Å². The van der Waals surface area contributed by atoms with Crippen LogP contribution >= 0.6 is 0 Å². The van der Waals surface area contributed by atoms with E-state index in [1.807, 2.05) is 6.92 Å². The van der Waals surface area contributed by atoms with Crippen molar-refractivity contribution in [2.75, 3.05) is 6.54 Å². The van der Waals surface area contributed by atoms with Gasteiger partial charge in [0.1, 0.15) is 0 Å². The molecule has 0 radical (unpaired) electrons. The average molecular weight is 238 g/mol. The summed E-state index contributed by atoms with van der Waals surface area (Å²) in [7, 11) is 0. The standard InChI is InChI=1S/C14H26N2O/c1-10(15)5-12(17)16-9-14(4)7-11(16)6-13(2,3)8-14/h10-11H,5-9,15H2,1-4H3. The number of rotatable bonds is 2. The number of nitrogens with zero attached hydrogens (tertiary/aromatic N) is 1. The molecule has 17 heavy (non-hydrogen) atoms. The quantitative estimate of drug-likeness (QED) is 0.801. The van der Waals surface area contributed by atoms with Gasteiger partial charge in [-0.3, -0.25) is 4.79 Å². The van der Waals surface area contributed by atoms with Crippen LogP contribution in [-0.2, 0) is 4.79 Å². The number of nitrogens with two attached hydrogens (primary N) is 1. The van der Waals surface area contributed by atoms with Crippen molar-refractivity contribution in [3.05, 3.63) is 0 Å². The van der Waals surface area contributed by atoms with Crippen molar-refractivity contribution in [2.24, 2.45) is 16.6 Å². The van der Waals surface area contributed by atoms with E-state index in [0.717, 1.165) is 13.0 Å². The lowest BCUT2D eigenvalue weighted by Crippen LogP contribution is -2.39. The fourth-order valence-electron chi connectivity index (χ4n) is 4.14. The molecule has 1 aliphatic heterocycles. The van der Waals surface area contributed by atoms with E-state index in [1.54, 1.807) is 0 Å². The highest BCUT2D eigenvalue weighted by Crippen LogP contribution is 2.52. The van der Waals surface area contributed by atoms with Crippen LogP contribution < -0.4 is 5.73 Å². The first-order chi connectivity index (χ1) is 7.71. The van der Waals surface area contributed by atoms with E-state index < -0.39 is 0 Å². The largest absolute Gasteiger partial charge is 0.339 e. The first-order valence-electron chi connectivity index (χ1n) is 6.76. The molecule has 1 aliphatic carbocycles. The number of carbonyl (C=O) groups is 1. The molecule has 2 bridgehead atoms. The van der Waals surface area contributed by atoms with Crippen LogP contribution in [0.4, 0.5) is 0 Å². The van der Waals surface area contributed by atoms with Crippen molar-refractivity contribution in [3.8, 4) is 0 Å². The molecule has 0 aromatic carbocycles. The highest BCUT2D eigenvalue weighted by atomic mass is 16.2. The lowest BCUT2D eigenvalue weighted by molar-refractivity contribution is -0.132. The van der Waals surface area contributed by atoms with E-state index in [-0.39, 0.29) is 11.9 Å². The molecule has 2 aliphatic rings. The van der Waals surface area contributed by atoms with Crippen molar-refractivity contribution in [1.29, 1.82) is 0 Å². The van der Waals surface area contributed by atoms with Gasteiger partial charge in [0.05, 0.1) is 0 Å². The SMILES string of the molecule is CC(N)CC(=O)N1CC2(C)CC1CC(C)(C)C2. The lowest BCUT2D eigenvalue weighted by Gasteiger charge is -2.39. The third kappa shape index (κ3) is 2.65. The molecular formula is C14H26N2O. The number of hydrogen-bond acceptors (Lipinski definition) is 2. The monoisotopic (exact) mass is 238 g/mol. The summed E-state index contributed by atoms with van der Waals surface area (Å²) in [5.41, 5.74) is 6.45. The van der Waals surface area contributed by atoms with E-state index in [1.165, 1.54) is 12.8 Å². The Labute approximate surface area is 105 Å². The van der Waals surface area contributed by atoms with Crippen molar-refractivity contribution in [3.63, 3.8) is 0 Å². The van der Waals surface area contributed by atoms with Crippen LogP contribution in [0.25, 0.3) is 0 Å². The number of fused-ring (bicyclic) bond motifs is 2. The second-order valence-corrected chi connectivity index (χ2v) is 7.42. The topological polar surface area (TPSA) is 46.3 Å². The van der Waals surface area contributed by atoms with Crippen LogP contribution in [0.15, 0.2) is 0 Å². The van der Waals surface area contributed by atoms with Crippen LogP contribution in [0.3, 0.4) is 0 Å². The smallest absolute Gasteiger partial charge is 0.224 e. The average Bonchev–Trinajstić information content (AvgIpc) is 2.33. The molecule has 2 rings (SSSR count). The Balaban J connectivity index is 2.11. The Morgan fingerprint density at radius 1 is 1.41 bits per heavy atom. The molecular weight excluding hydrogens is 212 g/mol. The fourth-order valence-corrected chi connectivity index (χ4v) is 4.14. The Morgan fingerprint density at radius 2 is 2.06 bits per heavy atom. The lowest BCUT2D eigenvalue weighted by atomic mass is 9.65. The molecule has 2 N–H and O–H groups in total. The summed E-state index contributed by atoms with van der Waals surface area (Å²) in [5.74, 6) is 0.256. The minimum Gasteiger partial charge on any atom is -0.339 e. The van der Waals surface area contributed by atoms with Gasteiger partial charge in [0.25, 0.3) is 0 Å². The van der Waals surface area contributed by atoms with E-state index in [0.29, 0.717) is 23.3 Å². The maximum atomic E-state index is 12.2. The predicted octanol–water partition coefficient (Wildman–Crippen LogP) is 2.15. The molecule has 2 fully saturated rings. The van der Waals surface area contributed by atoms with E-state index in [2.05, 4.69) is 25.7 Å². The van der Waals surface area contributed by atoms with Gasteiger partial charge in [-0.1, -0.05) is 20.8 Å². The van der Waals surface area contributed by atoms with Gasteiger partial charge >= 0.3 is 0 Å². The molecule has 0 spiro atoms. The molecule has 1 saturated carbocycles. The van der Waals surface area contributed by atoms with Crippen molar-refractivity contribution >= 4 is 5.91 Å². The molecule has 0 aromatic heterocycles. The number of likely N-dealkylation sites (tertiary alicyclic amines) is 1. The highest BCUT2D eigenvalue weighted by Gasteiger charge is 2.50. The maximum absolute atomic E-state index is 12.2. The summed E-state index contributed by atoms with van der Waals surface area (Å²) in [5, 5.41) is 0. The van der Waals surface area contributed by atoms with Crippen LogP contribution in [0.1, 0.15) is 53.4 Å². The Bertz CT molecular complexity index is 324. The van der Waals surface area contributed by atoms with Crippen LogP contribution in [0.5, 0.6) is 0 Å². The molecule has 3 unspecified atom stereocenters. The van der Waals surface area contributed by atoms with Gasteiger partial charge in [0.2, 0.25) is 5.91 Å². The number of hydrogen-bond donors (Lipinski definition) is 1. The first-order valence-corrected chi connectivity index (χ1v) is 6.76. The minimum atomic E-state index is -0.0243. The van der Waals surface area contributed by atoms with Gasteiger partial charge in [0, 0.05) is 25.0 Å². The summed E-state index contributed by atoms with van der Waals surface area (Å²) in [6.45, 7) is 9.84. The first kappa shape index (κ1) is 12.9. The Kier molecular flexibility index (Phi) is 3.01. The predicted molar refractivity (Wildman–Crippen MR) is 69.5 cm³/mol. The third-order valence-electron chi connectivity index (χ3n) is 4.23. The van der Waals surface area contributed by atoms with Crippen LogP contribution in [0.2, 0.25) is 0 Å².